The average Bonchev–Trinajstić information content (AvgIpc) is 3.26. The van der Waals surface area contributed by atoms with E-state index in [-0.39, 0.29) is 6.03 Å². The molecule has 2 amide bonds. The summed E-state index contributed by atoms with van der Waals surface area (Å²) in [6.07, 6.45) is 1.98. The molecule has 1 aromatic heterocycles. The number of urea groups is 1. The predicted octanol–water partition coefficient (Wildman–Crippen LogP) is 2.03. The molecule has 0 bridgehead atoms. The van der Waals surface area contributed by atoms with Crippen molar-refractivity contribution in [3.05, 3.63) is 35.7 Å². The van der Waals surface area contributed by atoms with Gasteiger partial charge in [-0.15, -0.1) is 10.2 Å². The van der Waals surface area contributed by atoms with E-state index in [2.05, 4.69) is 27.3 Å². The number of piperidine rings is 1. The molecule has 4 rings (SSSR count). The Balaban J connectivity index is 1.33. The molecular weight excluding hydrogens is 318 g/mol. The second-order valence-corrected chi connectivity index (χ2v) is 6.80. The van der Waals surface area contributed by atoms with Crippen LogP contribution >= 0.6 is 0 Å². The minimum atomic E-state index is 0.0816. The van der Waals surface area contributed by atoms with Crippen molar-refractivity contribution in [1.82, 2.24) is 25.3 Å². The van der Waals surface area contributed by atoms with Crippen LogP contribution in [0.25, 0.3) is 11.5 Å². The minimum Gasteiger partial charge on any atom is -0.419 e. The van der Waals surface area contributed by atoms with Crippen molar-refractivity contribution in [1.29, 1.82) is 0 Å². The standard InChI is InChI=1S/C18H23N5O2/c1-13-2-4-14(5-3-13)17-21-20-16(25-17)12-22-9-6-15(7-10-22)23-11-8-19-18(23)24/h2-5,15H,6-12H2,1H3,(H,19,24). The summed E-state index contributed by atoms with van der Waals surface area (Å²) in [7, 11) is 0. The highest BCUT2D eigenvalue weighted by Crippen LogP contribution is 2.22. The number of carbonyl (C=O) groups excluding carboxylic acids is 1. The van der Waals surface area contributed by atoms with Gasteiger partial charge in [-0.2, -0.15) is 0 Å². The van der Waals surface area contributed by atoms with E-state index in [4.69, 9.17) is 4.42 Å². The number of rotatable bonds is 4. The Kier molecular flexibility index (Phi) is 4.40. The van der Waals surface area contributed by atoms with E-state index in [1.54, 1.807) is 0 Å². The molecule has 0 saturated carbocycles. The zero-order chi connectivity index (χ0) is 17.2. The zero-order valence-corrected chi connectivity index (χ0v) is 14.4. The van der Waals surface area contributed by atoms with E-state index in [0.717, 1.165) is 44.6 Å². The van der Waals surface area contributed by atoms with E-state index >= 15 is 0 Å². The van der Waals surface area contributed by atoms with Crippen molar-refractivity contribution in [2.24, 2.45) is 0 Å². The van der Waals surface area contributed by atoms with Gasteiger partial charge in [0.25, 0.3) is 0 Å². The number of likely N-dealkylation sites (tertiary alicyclic amines) is 1. The van der Waals surface area contributed by atoms with Crippen LogP contribution in [0.2, 0.25) is 0 Å². The molecule has 0 radical (unpaired) electrons. The quantitative estimate of drug-likeness (QED) is 0.921. The van der Waals surface area contributed by atoms with Crippen molar-refractivity contribution in [3.8, 4) is 11.5 Å². The van der Waals surface area contributed by atoms with Crippen molar-refractivity contribution in [2.75, 3.05) is 26.2 Å². The Hall–Kier alpha value is -2.41. The maximum Gasteiger partial charge on any atom is 0.317 e. The first-order valence-electron chi connectivity index (χ1n) is 8.85. The minimum absolute atomic E-state index is 0.0816. The first-order valence-corrected chi connectivity index (χ1v) is 8.85. The number of amides is 2. The predicted molar refractivity (Wildman–Crippen MR) is 92.9 cm³/mol. The lowest BCUT2D eigenvalue weighted by Crippen LogP contribution is -2.45. The van der Waals surface area contributed by atoms with Gasteiger partial charge in [0.1, 0.15) is 0 Å². The van der Waals surface area contributed by atoms with E-state index in [0.29, 0.717) is 24.4 Å². The Labute approximate surface area is 147 Å². The van der Waals surface area contributed by atoms with Gasteiger partial charge >= 0.3 is 6.03 Å². The fourth-order valence-corrected chi connectivity index (χ4v) is 3.55. The van der Waals surface area contributed by atoms with Gasteiger partial charge in [-0.05, 0) is 31.9 Å². The molecule has 7 nitrogen and oxygen atoms in total. The maximum atomic E-state index is 11.8. The molecule has 3 heterocycles. The molecule has 132 valence electrons. The monoisotopic (exact) mass is 341 g/mol. The summed E-state index contributed by atoms with van der Waals surface area (Å²) in [5.41, 5.74) is 2.15. The molecule has 2 saturated heterocycles. The van der Waals surface area contributed by atoms with Gasteiger partial charge in [-0.25, -0.2) is 4.79 Å². The second-order valence-electron chi connectivity index (χ2n) is 6.80. The van der Waals surface area contributed by atoms with Gasteiger partial charge in [-0.3, -0.25) is 4.90 Å². The van der Waals surface area contributed by atoms with Crippen molar-refractivity contribution < 1.29 is 9.21 Å². The van der Waals surface area contributed by atoms with Gasteiger partial charge in [-0.1, -0.05) is 17.7 Å². The first-order chi connectivity index (χ1) is 12.2. The van der Waals surface area contributed by atoms with E-state index < -0.39 is 0 Å². The molecule has 2 aliphatic heterocycles. The third kappa shape index (κ3) is 3.51. The number of aryl methyl sites for hydroxylation is 1. The molecule has 1 aromatic carbocycles. The van der Waals surface area contributed by atoms with Crippen molar-refractivity contribution >= 4 is 6.03 Å². The summed E-state index contributed by atoms with van der Waals surface area (Å²) in [5.74, 6) is 1.21. The lowest BCUT2D eigenvalue weighted by molar-refractivity contribution is 0.126. The van der Waals surface area contributed by atoms with Crippen LogP contribution in [0.1, 0.15) is 24.3 Å². The van der Waals surface area contributed by atoms with Crippen LogP contribution in [0, 0.1) is 6.92 Å². The van der Waals surface area contributed by atoms with E-state index in [1.807, 2.05) is 29.2 Å². The maximum absolute atomic E-state index is 11.8. The van der Waals surface area contributed by atoms with Crippen LogP contribution in [-0.4, -0.2) is 58.2 Å². The van der Waals surface area contributed by atoms with Gasteiger partial charge in [0.2, 0.25) is 11.8 Å². The number of benzene rings is 1. The van der Waals surface area contributed by atoms with Gasteiger partial charge in [0.15, 0.2) is 0 Å². The number of nitrogens with one attached hydrogen (secondary N) is 1. The van der Waals surface area contributed by atoms with Crippen LogP contribution < -0.4 is 5.32 Å². The molecule has 2 aliphatic rings. The smallest absolute Gasteiger partial charge is 0.317 e. The van der Waals surface area contributed by atoms with Crippen LogP contribution in [-0.2, 0) is 6.54 Å². The highest BCUT2D eigenvalue weighted by Gasteiger charge is 2.30. The first kappa shape index (κ1) is 16.1. The molecule has 0 atom stereocenters. The molecule has 7 heteroatoms. The second kappa shape index (κ2) is 6.84. The third-order valence-corrected chi connectivity index (χ3v) is 5.01. The lowest BCUT2D eigenvalue weighted by Gasteiger charge is -2.35. The molecule has 1 N–H and O–H groups in total. The van der Waals surface area contributed by atoms with Crippen LogP contribution in [0.4, 0.5) is 4.79 Å². The number of hydrogen-bond acceptors (Lipinski definition) is 5. The Morgan fingerprint density at radius 3 is 2.60 bits per heavy atom. The van der Waals surface area contributed by atoms with Crippen LogP contribution in [0.15, 0.2) is 28.7 Å². The number of carbonyl (C=O) groups is 1. The summed E-state index contributed by atoms with van der Waals surface area (Å²) < 4.78 is 5.82. The van der Waals surface area contributed by atoms with Crippen LogP contribution in [0.5, 0.6) is 0 Å². The topological polar surface area (TPSA) is 74.5 Å². The summed E-state index contributed by atoms with van der Waals surface area (Å²) in [4.78, 5) is 16.1. The van der Waals surface area contributed by atoms with E-state index in [1.165, 1.54) is 5.56 Å². The highest BCUT2D eigenvalue weighted by atomic mass is 16.4. The van der Waals surface area contributed by atoms with Gasteiger partial charge in [0.05, 0.1) is 6.54 Å². The largest absolute Gasteiger partial charge is 0.419 e. The lowest BCUT2D eigenvalue weighted by atomic mass is 10.0. The fourth-order valence-electron chi connectivity index (χ4n) is 3.55. The average molecular weight is 341 g/mol. The normalized spacial score (nSPS) is 19.4. The molecule has 2 fully saturated rings. The molecule has 0 aliphatic carbocycles. The van der Waals surface area contributed by atoms with Gasteiger partial charge in [0, 0.05) is 37.8 Å². The molecule has 2 aromatic rings. The number of hydrogen-bond donors (Lipinski definition) is 1. The number of aromatic nitrogens is 2. The summed E-state index contributed by atoms with van der Waals surface area (Å²) >= 11 is 0. The van der Waals surface area contributed by atoms with Crippen molar-refractivity contribution in [3.63, 3.8) is 0 Å². The molecule has 25 heavy (non-hydrogen) atoms. The van der Waals surface area contributed by atoms with Crippen molar-refractivity contribution in [2.45, 2.75) is 32.4 Å². The molecule has 0 spiro atoms. The van der Waals surface area contributed by atoms with E-state index in [9.17, 15) is 4.79 Å². The number of nitrogens with zero attached hydrogens (tertiary/aromatic N) is 4. The molecule has 0 unspecified atom stereocenters. The third-order valence-electron chi connectivity index (χ3n) is 5.01. The Morgan fingerprint density at radius 2 is 1.92 bits per heavy atom. The highest BCUT2D eigenvalue weighted by molar-refractivity contribution is 5.76. The van der Waals surface area contributed by atoms with Gasteiger partial charge < -0.3 is 14.6 Å². The summed E-state index contributed by atoms with van der Waals surface area (Å²) in [5, 5.41) is 11.2. The Bertz CT molecular complexity index is 734. The Morgan fingerprint density at radius 1 is 1.16 bits per heavy atom. The molecular formula is C18H23N5O2. The summed E-state index contributed by atoms with van der Waals surface area (Å²) in [6.45, 7) is 6.19. The van der Waals surface area contributed by atoms with Crippen LogP contribution in [0.3, 0.4) is 0 Å². The zero-order valence-electron chi connectivity index (χ0n) is 14.4. The SMILES string of the molecule is Cc1ccc(-c2nnc(CN3CCC(N4CCNC4=O)CC3)o2)cc1. The summed E-state index contributed by atoms with van der Waals surface area (Å²) in [6, 6.07) is 8.51. The fraction of sp³-hybridized carbons (Fsp3) is 0.500.